The Hall–Kier alpha value is -3.82. The number of carbonyl (C=O) groups excluding carboxylic acids is 2. The summed E-state index contributed by atoms with van der Waals surface area (Å²) in [5, 5.41) is 13.5. The van der Waals surface area contributed by atoms with Crippen molar-refractivity contribution in [3.05, 3.63) is 52.1 Å². The molecule has 2 aromatic rings. The lowest BCUT2D eigenvalue weighted by molar-refractivity contribution is -0.384. The molecule has 0 bridgehead atoms. The fourth-order valence-electron chi connectivity index (χ4n) is 2.26. The average Bonchev–Trinajstić information content (AvgIpc) is 2.71. The van der Waals surface area contributed by atoms with E-state index < -0.39 is 23.4 Å². The zero-order valence-corrected chi connectivity index (χ0v) is 15.4. The fraction of sp³-hybridized carbons (Fsp3) is 0.222. The molecule has 0 saturated carbocycles. The maximum absolute atomic E-state index is 12.2. The summed E-state index contributed by atoms with van der Waals surface area (Å²) in [6, 6.07) is 8.48. The smallest absolute Gasteiger partial charge is 0.342 e. The van der Waals surface area contributed by atoms with Crippen LogP contribution in [0.2, 0.25) is 0 Å². The Bertz CT molecular complexity index is 897. The summed E-state index contributed by atoms with van der Waals surface area (Å²) in [6.07, 6.45) is 0. The number of carbonyl (C=O) groups is 2. The third-order valence-corrected chi connectivity index (χ3v) is 3.64. The summed E-state index contributed by atoms with van der Waals surface area (Å²) < 4.78 is 20.0. The molecule has 0 unspecified atom stereocenters. The second kappa shape index (κ2) is 9.21. The van der Waals surface area contributed by atoms with Gasteiger partial charge in [-0.05, 0) is 30.3 Å². The van der Waals surface area contributed by atoms with E-state index >= 15 is 0 Å². The molecule has 2 rings (SSSR count). The fourth-order valence-corrected chi connectivity index (χ4v) is 2.26. The Balaban J connectivity index is 2.07. The lowest BCUT2D eigenvalue weighted by Gasteiger charge is -2.11. The standard InChI is InChI=1S/C18H18N2O8/c1-25-11-5-7-16(27-3)13(8-11)18(22)28-10-17(21)19-14-6-4-12(26-2)9-15(14)20(23)24/h4-9H,10H2,1-3H3,(H,19,21). The van der Waals surface area contributed by atoms with E-state index in [0.717, 1.165) is 0 Å². The van der Waals surface area contributed by atoms with E-state index in [1.807, 2.05) is 0 Å². The van der Waals surface area contributed by atoms with Crippen molar-refractivity contribution in [2.45, 2.75) is 0 Å². The number of methoxy groups -OCH3 is 3. The van der Waals surface area contributed by atoms with Gasteiger partial charge in [0, 0.05) is 0 Å². The predicted molar refractivity (Wildman–Crippen MR) is 98.1 cm³/mol. The normalized spacial score (nSPS) is 9.96. The number of nitro benzene ring substituents is 1. The van der Waals surface area contributed by atoms with Crippen molar-refractivity contribution in [2.75, 3.05) is 33.3 Å². The van der Waals surface area contributed by atoms with Crippen LogP contribution in [0.15, 0.2) is 36.4 Å². The molecule has 0 atom stereocenters. The number of nitro groups is 1. The minimum absolute atomic E-state index is 0.0502. The first kappa shape index (κ1) is 20.5. The highest BCUT2D eigenvalue weighted by Crippen LogP contribution is 2.29. The molecule has 2 aromatic carbocycles. The van der Waals surface area contributed by atoms with Crippen LogP contribution in [-0.2, 0) is 9.53 Å². The van der Waals surface area contributed by atoms with Crippen LogP contribution in [0.25, 0.3) is 0 Å². The van der Waals surface area contributed by atoms with Gasteiger partial charge in [0.05, 0.1) is 32.3 Å². The molecular formula is C18H18N2O8. The van der Waals surface area contributed by atoms with Gasteiger partial charge in [-0.3, -0.25) is 14.9 Å². The lowest BCUT2D eigenvalue weighted by atomic mass is 10.2. The number of nitrogens with zero attached hydrogens (tertiary/aromatic N) is 1. The molecule has 10 nitrogen and oxygen atoms in total. The van der Waals surface area contributed by atoms with Crippen molar-refractivity contribution in [1.82, 2.24) is 0 Å². The minimum atomic E-state index is -0.810. The Kier molecular flexibility index (Phi) is 6.74. The van der Waals surface area contributed by atoms with Crippen molar-refractivity contribution in [1.29, 1.82) is 0 Å². The van der Waals surface area contributed by atoms with Gasteiger partial charge in [-0.15, -0.1) is 0 Å². The molecule has 148 valence electrons. The number of benzene rings is 2. The van der Waals surface area contributed by atoms with E-state index in [0.29, 0.717) is 5.75 Å². The summed E-state index contributed by atoms with van der Waals surface area (Å²) in [5.74, 6) is -0.636. The van der Waals surface area contributed by atoms with Crippen LogP contribution in [0, 0.1) is 10.1 Å². The van der Waals surface area contributed by atoms with Crippen LogP contribution in [0.1, 0.15) is 10.4 Å². The largest absolute Gasteiger partial charge is 0.497 e. The van der Waals surface area contributed by atoms with E-state index in [1.165, 1.54) is 51.7 Å². The van der Waals surface area contributed by atoms with Crippen LogP contribution >= 0.6 is 0 Å². The molecule has 0 spiro atoms. The summed E-state index contributed by atoms with van der Waals surface area (Å²) in [5.41, 5.74) is -0.329. The van der Waals surface area contributed by atoms with Gasteiger partial charge in [0.25, 0.3) is 11.6 Å². The van der Waals surface area contributed by atoms with E-state index in [9.17, 15) is 19.7 Å². The molecular weight excluding hydrogens is 372 g/mol. The monoisotopic (exact) mass is 390 g/mol. The lowest BCUT2D eigenvalue weighted by Crippen LogP contribution is -2.21. The Labute approximate surface area is 160 Å². The Morgan fingerprint density at radius 2 is 1.64 bits per heavy atom. The number of rotatable bonds is 8. The SMILES string of the molecule is COc1ccc(OC)c(C(=O)OCC(=O)Nc2ccc(OC)cc2[N+](=O)[O-])c1. The average molecular weight is 390 g/mol. The number of nitrogens with one attached hydrogen (secondary N) is 1. The summed E-state index contributed by atoms with van der Waals surface area (Å²) in [6.45, 7) is -0.650. The van der Waals surface area contributed by atoms with Crippen LogP contribution in [-0.4, -0.2) is 44.7 Å². The summed E-state index contributed by atoms with van der Waals surface area (Å²) in [7, 11) is 4.18. The van der Waals surface area contributed by atoms with Crippen molar-refractivity contribution in [3.8, 4) is 17.2 Å². The summed E-state index contributed by atoms with van der Waals surface area (Å²) in [4.78, 5) is 34.8. The molecule has 0 aliphatic rings. The first-order chi connectivity index (χ1) is 13.4. The number of esters is 1. The zero-order chi connectivity index (χ0) is 20.7. The van der Waals surface area contributed by atoms with Crippen molar-refractivity contribution in [3.63, 3.8) is 0 Å². The van der Waals surface area contributed by atoms with Gasteiger partial charge in [-0.1, -0.05) is 0 Å². The summed E-state index contributed by atoms with van der Waals surface area (Å²) >= 11 is 0. The maximum atomic E-state index is 12.2. The first-order valence-corrected chi connectivity index (χ1v) is 7.91. The molecule has 0 saturated heterocycles. The first-order valence-electron chi connectivity index (χ1n) is 7.91. The van der Waals surface area contributed by atoms with Crippen molar-refractivity contribution >= 4 is 23.3 Å². The quantitative estimate of drug-likeness (QED) is 0.414. The second-order valence-electron chi connectivity index (χ2n) is 5.33. The molecule has 0 aliphatic carbocycles. The predicted octanol–water partition coefficient (Wildman–Crippen LogP) is 2.42. The molecule has 0 heterocycles. The Morgan fingerprint density at radius 3 is 2.25 bits per heavy atom. The van der Waals surface area contributed by atoms with E-state index in [4.69, 9.17) is 18.9 Å². The number of hydrogen-bond acceptors (Lipinski definition) is 8. The van der Waals surface area contributed by atoms with Crippen LogP contribution < -0.4 is 19.5 Å². The van der Waals surface area contributed by atoms with Crippen LogP contribution in [0.5, 0.6) is 17.2 Å². The molecule has 1 N–H and O–H groups in total. The zero-order valence-electron chi connectivity index (χ0n) is 15.4. The highest BCUT2D eigenvalue weighted by molar-refractivity contribution is 5.98. The number of anilines is 1. The molecule has 0 aliphatic heterocycles. The van der Waals surface area contributed by atoms with Gasteiger partial charge >= 0.3 is 5.97 Å². The molecule has 0 fully saturated rings. The third kappa shape index (κ3) is 4.87. The van der Waals surface area contributed by atoms with Gasteiger partial charge in [0.15, 0.2) is 6.61 Å². The molecule has 1 amide bonds. The highest BCUT2D eigenvalue weighted by Gasteiger charge is 2.20. The van der Waals surface area contributed by atoms with Crippen molar-refractivity contribution in [2.24, 2.45) is 0 Å². The maximum Gasteiger partial charge on any atom is 0.342 e. The number of ether oxygens (including phenoxy) is 4. The van der Waals surface area contributed by atoms with Crippen LogP contribution in [0.4, 0.5) is 11.4 Å². The highest BCUT2D eigenvalue weighted by atomic mass is 16.6. The van der Waals surface area contributed by atoms with Gasteiger partial charge in [0.1, 0.15) is 28.5 Å². The molecule has 0 radical (unpaired) electrons. The third-order valence-electron chi connectivity index (χ3n) is 3.64. The second-order valence-corrected chi connectivity index (χ2v) is 5.33. The molecule has 0 aromatic heterocycles. The molecule has 10 heteroatoms. The van der Waals surface area contributed by atoms with E-state index in [2.05, 4.69) is 5.32 Å². The van der Waals surface area contributed by atoms with Crippen LogP contribution in [0.3, 0.4) is 0 Å². The van der Waals surface area contributed by atoms with Crippen molar-refractivity contribution < 1.29 is 33.5 Å². The molecule has 28 heavy (non-hydrogen) atoms. The van der Waals surface area contributed by atoms with Gasteiger partial charge in [-0.2, -0.15) is 0 Å². The van der Waals surface area contributed by atoms with E-state index in [-0.39, 0.29) is 28.4 Å². The van der Waals surface area contributed by atoms with Gasteiger partial charge in [-0.25, -0.2) is 4.79 Å². The van der Waals surface area contributed by atoms with Gasteiger partial charge < -0.3 is 24.3 Å². The van der Waals surface area contributed by atoms with E-state index in [1.54, 1.807) is 6.07 Å². The topological polar surface area (TPSA) is 126 Å². The number of hydrogen-bond donors (Lipinski definition) is 1. The Morgan fingerprint density at radius 1 is 1.00 bits per heavy atom. The van der Waals surface area contributed by atoms with Gasteiger partial charge in [0.2, 0.25) is 0 Å². The minimum Gasteiger partial charge on any atom is -0.497 e. The number of amides is 1.